The van der Waals surface area contributed by atoms with Gasteiger partial charge in [-0.05, 0) is 36.8 Å². The Bertz CT molecular complexity index is 626. The Labute approximate surface area is 113 Å². The van der Waals surface area contributed by atoms with Gasteiger partial charge in [0.15, 0.2) is 0 Å². The largest absolute Gasteiger partial charge is 0.478 e. The number of pyridine rings is 1. The number of nitrogens with zero attached hydrogens (tertiary/aromatic N) is 1. The molecule has 1 heterocycles. The van der Waals surface area contributed by atoms with Gasteiger partial charge in [-0.2, -0.15) is 0 Å². The fourth-order valence-electron chi connectivity index (χ4n) is 1.63. The van der Waals surface area contributed by atoms with Crippen LogP contribution >= 0.6 is 11.6 Å². The summed E-state index contributed by atoms with van der Waals surface area (Å²) in [6, 6.07) is 5.71. The van der Waals surface area contributed by atoms with Crippen LogP contribution in [0.1, 0.15) is 15.9 Å². The summed E-state index contributed by atoms with van der Waals surface area (Å²) in [6.45, 7) is 1.76. The van der Waals surface area contributed by atoms with E-state index >= 15 is 0 Å². The SMILES string of the molecule is Cc1cc(F)cc(Nc2cc(C(=O)O)c(Cl)cn2)c1. The Balaban J connectivity index is 2.33. The van der Waals surface area contributed by atoms with Crippen LogP contribution in [0.2, 0.25) is 5.02 Å². The number of hydrogen-bond donors (Lipinski definition) is 2. The molecule has 0 spiro atoms. The molecule has 6 heteroatoms. The minimum absolute atomic E-state index is 0.0495. The third kappa shape index (κ3) is 3.20. The molecule has 2 rings (SSSR count). The summed E-state index contributed by atoms with van der Waals surface area (Å²) in [5, 5.41) is 11.8. The molecule has 4 nitrogen and oxygen atoms in total. The number of halogens is 2. The van der Waals surface area contributed by atoms with Crippen LogP contribution in [0.4, 0.5) is 15.9 Å². The molecule has 0 fully saturated rings. The molecule has 1 aromatic carbocycles. The first-order chi connectivity index (χ1) is 8.95. The summed E-state index contributed by atoms with van der Waals surface area (Å²) in [7, 11) is 0. The van der Waals surface area contributed by atoms with E-state index in [1.165, 1.54) is 24.4 Å². The van der Waals surface area contributed by atoms with E-state index in [1.54, 1.807) is 13.0 Å². The first-order valence-corrected chi connectivity index (χ1v) is 5.76. The quantitative estimate of drug-likeness (QED) is 0.901. The Hall–Kier alpha value is -2.14. The molecule has 1 aromatic heterocycles. The predicted octanol–water partition coefficient (Wildman–Crippen LogP) is 3.62. The number of benzene rings is 1. The fraction of sp³-hybridized carbons (Fsp3) is 0.0769. The van der Waals surface area contributed by atoms with E-state index < -0.39 is 5.97 Å². The molecule has 0 unspecified atom stereocenters. The summed E-state index contributed by atoms with van der Waals surface area (Å²) >= 11 is 5.71. The van der Waals surface area contributed by atoms with E-state index in [1.807, 2.05) is 0 Å². The number of nitrogens with one attached hydrogen (secondary N) is 1. The van der Waals surface area contributed by atoms with Gasteiger partial charge < -0.3 is 10.4 Å². The van der Waals surface area contributed by atoms with Crippen molar-refractivity contribution in [2.24, 2.45) is 0 Å². The van der Waals surface area contributed by atoms with E-state index in [4.69, 9.17) is 16.7 Å². The highest BCUT2D eigenvalue weighted by molar-refractivity contribution is 6.33. The maximum atomic E-state index is 13.2. The second-order valence-corrected chi connectivity index (χ2v) is 4.40. The van der Waals surface area contributed by atoms with Gasteiger partial charge in [-0.3, -0.25) is 0 Å². The molecule has 0 saturated carbocycles. The van der Waals surface area contributed by atoms with Crippen molar-refractivity contribution in [2.45, 2.75) is 6.92 Å². The number of carboxylic acid groups (broad SMARTS) is 1. The van der Waals surface area contributed by atoms with Crippen LogP contribution in [0.3, 0.4) is 0 Å². The summed E-state index contributed by atoms with van der Waals surface area (Å²) in [6.07, 6.45) is 1.24. The lowest BCUT2D eigenvalue weighted by atomic mass is 10.2. The monoisotopic (exact) mass is 280 g/mol. The highest BCUT2D eigenvalue weighted by Crippen LogP contribution is 2.22. The van der Waals surface area contributed by atoms with Crippen molar-refractivity contribution in [3.05, 3.63) is 52.4 Å². The van der Waals surface area contributed by atoms with Crippen molar-refractivity contribution in [3.63, 3.8) is 0 Å². The third-order valence-electron chi connectivity index (χ3n) is 2.40. The molecule has 19 heavy (non-hydrogen) atoms. The Morgan fingerprint density at radius 3 is 2.74 bits per heavy atom. The molecule has 2 aromatic rings. The van der Waals surface area contributed by atoms with Gasteiger partial charge in [0, 0.05) is 11.9 Å². The predicted molar refractivity (Wildman–Crippen MR) is 70.6 cm³/mol. The maximum Gasteiger partial charge on any atom is 0.337 e. The lowest BCUT2D eigenvalue weighted by molar-refractivity contribution is 0.0697. The van der Waals surface area contributed by atoms with Gasteiger partial charge in [-0.1, -0.05) is 11.6 Å². The van der Waals surface area contributed by atoms with E-state index in [-0.39, 0.29) is 22.2 Å². The average Bonchev–Trinajstić information content (AvgIpc) is 2.30. The zero-order chi connectivity index (χ0) is 14.0. The zero-order valence-electron chi connectivity index (χ0n) is 9.95. The first kappa shape index (κ1) is 13.3. The van der Waals surface area contributed by atoms with Gasteiger partial charge in [-0.15, -0.1) is 0 Å². The van der Waals surface area contributed by atoms with Gasteiger partial charge in [0.1, 0.15) is 11.6 Å². The van der Waals surface area contributed by atoms with Crippen LogP contribution in [0.25, 0.3) is 0 Å². The molecule has 0 aliphatic rings. The fourth-order valence-corrected chi connectivity index (χ4v) is 1.81. The van der Waals surface area contributed by atoms with Crippen LogP contribution in [0.15, 0.2) is 30.5 Å². The lowest BCUT2D eigenvalue weighted by Gasteiger charge is -2.08. The molecule has 2 N–H and O–H groups in total. The van der Waals surface area contributed by atoms with Crippen molar-refractivity contribution in [1.29, 1.82) is 0 Å². The molecular formula is C13H10ClFN2O2. The minimum Gasteiger partial charge on any atom is -0.478 e. The summed E-state index contributed by atoms with van der Waals surface area (Å²) < 4.78 is 13.2. The number of aryl methyl sites for hydroxylation is 1. The second kappa shape index (κ2) is 5.24. The van der Waals surface area contributed by atoms with Crippen LogP contribution < -0.4 is 5.32 Å². The van der Waals surface area contributed by atoms with E-state index in [9.17, 15) is 9.18 Å². The number of rotatable bonds is 3. The maximum absolute atomic E-state index is 13.2. The standard InChI is InChI=1S/C13H10ClFN2O2/c1-7-2-8(15)4-9(3-7)17-12-5-10(13(18)19)11(14)6-16-12/h2-6H,1H3,(H,16,17)(H,18,19). The van der Waals surface area contributed by atoms with Gasteiger partial charge in [0.25, 0.3) is 0 Å². The molecule has 0 bridgehead atoms. The number of aromatic nitrogens is 1. The molecule has 98 valence electrons. The van der Waals surface area contributed by atoms with Crippen molar-refractivity contribution in [2.75, 3.05) is 5.32 Å². The first-order valence-electron chi connectivity index (χ1n) is 5.39. The van der Waals surface area contributed by atoms with Crippen LogP contribution in [-0.4, -0.2) is 16.1 Å². The average molecular weight is 281 g/mol. The topological polar surface area (TPSA) is 62.2 Å². The number of anilines is 2. The second-order valence-electron chi connectivity index (χ2n) is 4.00. The van der Waals surface area contributed by atoms with Crippen LogP contribution in [-0.2, 0) is 0 Å². The lowest BCUT2D eigenvalue weighted by Crippen LogP contribution is -2.01. The summed E-state index contributed by atoms with van der Waals surface area (Å²) in [5.74, 6) is -1.24. The van der Waals surface area contributed by atoms with Crippen molar-refractivity contribution < 1.29 is 14.3 Å². The molecule has 0 saturated heterocycles. The summed E-state index contributed by atoms with van der Waals surface area (Å²) in [5.41, 5.74) is 1.17. The number of hydrogen-bond acceptors (Lipinski definition) is 3. The number of aromatic carboxylic acids is 1. The molecule has 0 radical (unpaired) electrons. The highest BCUT2D eigenvalue weighted by atomic mass is 35.5. The Kier molecular flexibility index (Phi) is 3.66. The van der Waals surface area contributed by atoms with Crippen molar-refractivity contribution in [3.8, 4) is 0 Å². The molecule has 0 atom stereocenters. The normalized spacial score (nSPS) is 10.3. The smallest absolute Gasteiger partial charge is 0.337 e. The van der Waals surface area contributed by atoms with Gasteiger partial charge in [0.2, 0.25) is 0 Å². The van der Waals surface area contributed by atoms with Crippen molar-refractivity contribution >= 4 is 29.1 Å². The van der Waals surface area contributed by atoms with Gasteiger partial charge >= 0.3 is 5.97 Å². The summed E-state index contributed by atoms with van der Waals surface area (Å²) in [4.78, 5) is 14.9. The zero-order valence-corrected chi connectivity index (χ0v) is 10.7. The Morgan fingerprint density at radius 2 is 2.11 bits per heavy atom. The van der Waals surface area contributed by atoms with Crippen molar-refractivity contribution in [1.82, 2.24) is 4.98 Å². The molecular weight excluding hydrogens is 271 g/mol. The molecule has 0 aliphatic carbocycles. The van der Waals surface area contributed by atoms with Crippen LogP contribution in [0, 0.1) is 12.7 Å². The van der Waals surface area contributed by atoms with E-state index in [2.05, 4.69) is 10.3 Å². The van der Waals surface area contributed by atoms with E-state index in [0.29, 0.717) is 5.69 Å². The third-order valence-corrected chi connectivity index (χ3v) is 2.70. The minimum atomic E-state index is -1.15. The highest BCUT2D eigenvalue weighted by Gasteiger charge is 2.10. The van der Waals surface area contributed by atoms with Crippen LogP contribution in [0.5, 0.6) is 0 Å². The Morgan fingerprint density at radius 1 is 1.37 bits per heavy atom. The number of carbonyl (C=O) groups is 1. The molecule has 0 amide bonds. The van der Waals surface area contributed by atoms with E-state index in [0.717, 1.165) is 5.56 Å². The van der Waals surface area contributed by atoms with Gasteiger partial charge in [0.05, 0.1) is 10.6 Å². The van der Waals surface area contributed by atoms with Gasteiger partial charge in [-0.25, -0.2) is 14.2 Å². The molecule has 0 aliphatic heterocycles. The number of carboxylic acids is 1.